The molecule has 0 saturated heterocycles. The number of nitrogens with one attached hydrogen (secondary N) is 1. The number of thiazole rings is 1. The van der Waals surface area contributed by atoms with E-state index in [4.69, 9.17) is 4.74 Å². The first-order valence-corrected chi connectivity index (χ1v) is 9.93. The lowest BCUT2D eigenvalue weighted by Crippen LogP contribution is -2.10. The number of nitrogens with zero attached hydrogens (tertiary/aromatic N) is 1. The molecule has 0 saturated carbocycles. The molecule has 3 aromatic rings. The van der Waals surface area contributed by atoms with E-state index in [0.717, 1.165) is 22.6 Å². The molecule has 1 N–H and O–H groups in total. The van der Waals surface area contributed by atoms with Crippen molar-refractivity contribution in [3.8, 4) is 17.0 Å². The fourth-order valence-corrected chi connectivity index (χ4v) is 3.36. The van der Waals surface area contributed by atoms with Crippen molar-refractivity contribution in [2.75, 3.05) is 12.4 Å². The Morgan fingerprint density at radius 2 is 1.75 bits per heavy atom. The van der Waals surface area contributed by atoms with Crippen LogP contribution in [0.1, 0.15) is 31.9 Å². The van der Waals surface area contributed by atoms with Gasteiger partial charge >= 0.3 is 0 Å². The molecule has 0 fully saturated rings. The van der Waals surface area contributed by atoms with E-state index in [1.807, 2.05) is 29.6 Å². The number of rotatable bonds is 5. The molecule has 144 valence electrons. The zero-order valence-electron chi connectivity index (χ0n) is 16.5. The highest BCUT2D eigenvalue weighted by atomic mass is 32.1. The molecule has 2 aromatic carbocycles. The fourth-order valence-electron chi connectivity index (χ4n) is 2.64. The normalized spacial score (nSPS) is 11.6. The largest absolute Gasteiger partial charge is 0.497 e. The maximum atomic E-state index is 12.2. The Bertz CT molecular complexity index is 965. The molecule has 1 aromatic heterocycles. The monoisotopic (exact) mass is 392 g/mol. The smallest absolute Gasteiger partial charge is 0.250 e. The lowest BCUT2D eigenvalue weighted by atomic mass is 9.86. The van der Waals surface area contributed by atoms with Crippen LogP contribution >= 0.6 is 11.3 Å². The number of amides is 1. The predicted octanol–water partition coefficient (Wildman–Crippen LogP) is 5.77. The highest BCUT2D eigenvalue weighted by Gasteiger charge is 2.14. The van der Waals surface area contributed by atoms with Crippen molar-refractivity contribution >= 4 is 28.5 Å². The summed E-state index contributed by atoms with van der Waals surface area (Å²) in [5.74, 6) is 0.576. The van der Waals surface area contributed by atoms with Gasteiger partial charge in [-0.1, -0.05) is 57.2 Å². The van der Waals surface area contributed by atoms with E-state index in [0.29, 0.717) is 5.13 Å². The molecule has 0 unspecified atom stereocenters. The molecule has 0 radical (unpaired) electrons. The molecule has 0 bridgehead atoms. The highest BCUT2D eigenvalue weighted by molar-refractivity contribution is 7.14. The number of benzene rings is 2. The van der Waals surface area contributed by atoms with Gasteiger partial charge in [0, 0.05) is 17.0 Å². The standard InChI is InChI=1S/C23H24N2O2S/c1-23(2,3)18-10-8-17(9-11-18)20-15-28-22(24-20)25-21(26)14-7-16-5-12-19(27-4)13-6-16/h5-15H,1-4H3,(H,24,25,26). The van der Waals surface area contributed by atoms with E-state index in [-0.39, 0.29) is 11.3 Å². The number of anilines is 1. The molecule has 3 rings (SSSR count). The lowest BCUT2D eigenvalue weighted by Gasteiger charge is -2.18. The molecule has 0 aliphatic rings. The second kappa shape index (κ2) is 8.40. The van der Waals surface area contributed by atoms with Gasteiger partial charge in [0.15, 0.2) is 5.13 Å². The number of ether oxygens (including phenoxy) is 1. The summed E-state index contributed by atoms with van der Waals surface area (Å²) >= 11 is 1.42. The van der Waals surface area contributed by atoms with Gasteiger partial charge in [-0.05, 0) is 34.8 Å². The summed E-state index contributed by atoms with van der Waals surface area (Å²) in [7, 11) is 1.62. The number of hydrogen-bond acceptors (Lipinski definition) is 4. The van der Waals surface area contributed by atoms with Gasteiger partial charge in [-0.25, -0.2) is 4.98 Å². The van der Waals surface area contributed by atoms with Crippen molar-refractivity contribution in [2.45, 2.75) is 26.2 Å². The van der Waals surface area contributed by atoms with E-state index in [9.17, 15) is 4.79 Å². The van der Waals surface area contributed by atoms with Crippen LogP contribution in [0, 0.1) is 0 Å². The van der Waals surface area contributed by atoms with Gasteiger partial charge < -0.3 is 4.74 Å². The average Bonchev–Trinajstić information content (AvgIpc) is 3.14. The molecule has 0 aliphatic heterocycles. The number of hydrogen-bond donors (Lipinski definition) is 1. The summed E-state index contributed by atoms with van der Waals surface area (Å²) in [6.07, 6.45) is 3.26. The lowest BCUT2D eigenvalue weighted by molar-refractivity contribution is -0.111. The summed E-state index contributed by atoms with van der Waals surface area (Å²) in [4.78, 5) is 16.7. The number of methoxy groups -OCH3 is 1. The maximum Gasteiger partial charge on any atom is 0.250 e. The topological polar surface area (TPSA) is 51.2 Å². The summed E-state index contributed by atoms with van der Waals surface area (Å²) in [5.41, 5.74) is 4.23. The van der Waals surface area contributed by atoms with Gasteiger partial charge in [-0.2, -0.15) is 0 Å². The van der Waals surface area contributed by atoms with Gasteiger partial charge in [0.1, 0.15) is 5.75 Å². The van der Waals surface area contributed by atoms with Crippen LogP contribution in [-0.4, -0.2) is 18.0 Å². The number of carbonyl (C=O) groups excluding carboxylic acids is 1. The van der Waals surface area contributed by atoms with Crippen molar-refractivity contribution in [1.29, 1.82) is 0 Å². The van der Waals surface area contributed by atoms with Gasteiger partial charge in [0.2, 0.25) is 5.91 Å². The van der Waals surface area contributed by atoms with E-state index in [1.54, 1.807) is 13.2 Å². The summed E-state index contributed by atoms with van der Waals surface area (Å²) in [5, 5.41) is 5.35. The average molecular weight is 393 g/mol. The van der Waals surface area contributed by atoms with E-state index >= 15 is 0 Å². The van der Waals surface area contributed by atoms with Crippen molar-refractivity contribution in [1.82, 2.24) is 4.98 Å². The molecule has 0 spiro atoms. The molecule has 0 atom stereocenters. The molecule has 0 aliphatic carbocycles. The Hall–Kier alpha value is -2.92. The molecule has 1 heterocycles. The van der Waals surface area contributed by atoms with Gasteiger partial charge in [0.25, 0.3) is 0 Å². The van der Waals surface area contributed by atoms with Gasteiger partial charge in [-0.15, -0.1) is 11.3 Å². The van der Waals surface area contributed by atoms with Crippen LogP contribution in [0.15, 0.2) is 60.0 Å². The Kier molecular flexibility index (Phi) is 5.95. The SMILES string of the molecule is COc1ccc(C=CC(=O)Nc2nc(-c3ccc(C(C)(C)C)cc3)cs2)cc1. The van der Waals surface area contributed by atoms with Crippen LogP contribution in [0.2, 0.25) is 0 Å². The van der Waals surface area contributed by atoms with Crippen LogP contribution in [-0.2, 0) is 10.2 Å². The Balaban J connectivity index is 1.63. The van der Waals surface area contributed by atoms with Crippen LogP contribution in [0.5, 0.6) is 5.75 Å². The Labute approximate surface area is 169 Å². The first-order chi connectivity index (χ1) is 13.3. The first kappa shape index (κ1) is 19.8. The van der Waals surface area contributed by atoms with E-state index in [1.165, 1.54) is 23.0 Å². The fraction of sp³-hybridized carbons (Fsp3) is 0.217. The third-order valence-corrected chi connectivity index (χ3v) is 5.08. The minimum atomic E-state index is -0.209. The van der Waals surface area contributed by atoms with Crippen molar-refractivity contribution in [2.24, 2.45) is 0 Å². The number of carbonyl (C=O) groups is 1. The van der Waals surface area contributed by atoms with E-state index in [2.05, 4.69) is 55.3 Å². The summed E-state index contributed by atoms with van der Waals surface area (Å²) < 4.78 is 5.13. The Morgan fingerprint density at radius 3 is 2.36 bits per heavy atom. The van der Waals surface area contributed by atoms with Gasteiger partial charge in [-0.3, -0.25) is 10.1 Å². The van der Waals surface area contributed by atoms with Crippen molar-refractivity contribution in [3.05, 3.63) is 71.1 Å². The third-order valence-electron chi connectivity index (χ3n) is 4.32. The summed E-state index contributed by atoms with van der Waals surface area (Å²) in [6, 6.07) is 15.9. The summed E-state index contributed by atoms with van der Waals surface area (Å²) in [6.45, 7) is 6.58. The quantitative estimate of drug-likeness (QED) is 0.561. The van der Waals surface area contributed by atoms with Crippen molar-refractivity contribution in [3.63, 3.8) is 0 Å². The Morgan fingerprint density at radius 1 is 1.07 bits per heavy atom. The first-order valence-electron chi connectivity index (χ1n) is 9.05. The molecular formula is C23H24N2O2S. The molecule has 1 amide bonds. The van der Waals surface area contributed by atoms with Crippen LogP contribution in [0.25, 0.3) is 17.3 Å². The molecule has 5 heteroatoms. The zero-order chi connectivity index (χ0) is 20.1. The van der Waals surface area contributed by atoms with E-state index < -0.39 is 0 Å². The van der Waals surface area contributed by atoms with Gasteiger partial charge in [0.05, 0.1) is 12.8 Å². The second-order valence-electron chi connectivity index (χ2n) is 7.46. The second-order valence-corrected chi connectivity index (χ2v) is 8.32. The zero-order valence-corrected chi connectivity index (χ0v) is 17.3. The van der Waals surface area contributed by atoms with Crippen LogP contribution in [0.4, 0.5) is 5.13 Å². The highest BCUT2D eigenvalue weighted by Crippen LogP contribution is 2.28. The molecule has 4 nitrogen and oxygen atoms in total. The number of aromatic nitrogens is 1. The molecular weight excluding hydrogens is 368 g/mol. The van der Waals surface area contributed by atoms with Crippen LogP contribution in [0.3, 0.4) is 0 Å². The minimum Gasteiger partial charge on any atom is -0.497 e. The maximum absolute atomic E-state index is 12.2. The van der Waals surface area contributed by atoms with Crippen molar-refractivity contribution < 1.29 is 9.53 Å². The predicted molar refractivity (Wildman–Crippen MR) is 117 cm³/mol. The minimum absolute atomic E-state index is 0.121. The molecule has 28 heavy (non-hydrogen) atoms. The third kappa shape index (κ3) is 5.08. The van der Waals surface area contributed by atoms with Crippen LogP contribution < -0.4 is 10.1 Å².